The van der Waals surface area contributed by atoms with Crippen LogP contribution in [-0.2, 0) is 0 Å². The lowest BCUT2D eigenvalue weighted by atomic mass is 10.1. The average Bonchev–Trinajstić information content (AvgIpc) is 3.00. The lowest BCUT2D eigenvalue weighted by molar-refractivity contribution is 0.0929. The van der Waals surface area contributed by atoms with Crippen LogP contribution in [0.1, 0.15) is 35.5 Å². The number of para-hydroxylation sites is 1. The number of fused-ring (bicyclic) bond motifs is 1. The molecule has 0 aliphatic rings. The van der Waals surface area contributed by atoms with Crippen molar-refractivity contribution in [1.29, 1.82) is 0 Å². The molecular formula is C21H21BrN2O4. The van der Waals surface area contributed by atoms with Crippen LogP contribution in [0.4, 0.5) is 0 Å². The molecule has 28 heavy (non-hydrogen) atoms. The van der Waals surface area contributed by atoms with E-state index in [-0.39, 0.29) is 11.9 Å². The van der Waals surface area contributed by atoms with Gasteiger partial charge in [0.15, 0.2) is 17.3 Å². The van der Waals surface area contributed by atoms with E-state index in [0.29, 0.717) is 17.1 Å². The molecule has 0 fully saturated rings. The molecule has 0 saturated carbocycles. The number of carbonyl (C=O) groups excluding carboxylic acids is 1. The number of furan rings is 1. The van der Waals surface area contributed by atoms with Gasteiger partial charge in [0.2, 0.25) is 0 Å². The Morgan fingerprint density at radius 2 is 2.04 bits per heavy atom. The number of ether oxygens (including phenoxy) is 2. The Kier molecular flexibility index (Phi) is 6.04. The van der Waals surface area contributed by atoms with Gasteiger partial charge in [-0.25, -0.2) is 5.43 Å². The zero-order valence-electron chi connectivity index (χ0n) is 16.1. The van der Waals surface area contributed by atoms with Crippen LogP contribution in [0.5, 0.6) is 11.5 Å². The largest absolute Gasteiger partial charge is 0.493 e. The van der Waals surface area contributed by atoms with Crippen LogP contribution in [-0.4, -0.2) is 25.3 Å². The van der Waals surface area contributed by atoms with Crippen molar-refractivity contribution in [3.05, 3.63) is 57.8 Å². The summed E-state index contributed by atoms with van der Waals surface area (Å²) >= 11 is 3.48. The number of benzene rings is 2. The second kappa shape index (κ2) is 8.48. The number of nitrogens with one attached hydrogen (secondary N) is 1. The summed E-state index contributed by atoms with van der Waals surface area (Å²) in [5.74, 6) is 1.04. The van der Waals surface area contributed by atoms with E-state index in [1.807, 2.05) is 51.1 Å². The Labute approximate surface area is 171 Å². The summed E-state index contributed by atoms with van der Waals surface area (Å²) in [6.45, 7) is 5.73. The normalized spacial score (nSPS) is 11.4. The first-order chi connectivity index (χ1) is 13.4. The fraction of sp³-hybridized carbons (Fsp3) is 0.238. The highest BCUT2D eigenvalue weighted by atomic mass is 79.9. The molecule has 2 aromatic carbocycles. The first kappa shape index (κ1) is 19.9. The monoisotopic (exact) mass is 444 g/mol. The van der Waals surface area contributed by atoms with Gasteiger partial charge in [-0.3, -0.25) is 4.79 Å². The standard InChI is InChI=1S/C21H21BrN2O4/c1-12(2)27-20-16(22)9-14(10-18(20)26-4)11-23-24-21(25)19-13(3)15-7-5-6-8-17(15)28-19/h5-12H,1-4H3,(H,24,25)/b23-11+. The maximum Gasteiger partial charge on any atom is 0.307 e. The zero-order valence-corrected chi connectivity index (χ0v) is 17.7. The van der Waals surface area contributed by atoms with Crippen molar-refractivity contribution >= 4 is 39.0 Å². The van der Waals surface area contributed by atoms with Crippen LogP contribution in [0.15, 0.2) is 50.4 Å². The Bertz CT molecular complexity index is 1040. The van der Waals surface area contributed by atoms with E-state index in [9.17, 15) is 4.79 Å². The summed E-state index contributed by atoms with van der Waals surface area (Å²) in [4.78, 5) is 12.4. The minimum absolute atomic E-state index is 0.0102. The molecular weight excluding hydrogens is 424 g/mol. The summed E-state index contributed by atoms with van der Waals surface area (Å²) in [6.07, 6.45) is 1.54. The molecule has 0 radical (unpaired) electrons. The first-order valence-electron chi connectivity index (χ1n) is 8.76. The number of hydrogen-bond donors (Lipinski definition) is 1. The summed E-state index contributed by atoms with van der Waals surface area (Å²) in [6, 6.07) is 11.1. The minimum atomic E-state index is -0.407. The first-order valence-corrected chi connectivity index (χ1v) is 9.55. The van der Waals surface area contributed by atoms with Crippen LogP contribution in [0.3, 0.4) is 0 Å². The van der Waals surface area contributed by atoms with Gasteiger partial charge in [0, 0.05) is 10.9 Å². The van der Waals surface area contributed by atoms with Gasteiger partial charge >= 0.3 is 5.91 Å². The molecule has 1 amide bonds. The van der Waals surface area contributed by atoms with Gasteiger partial charge in [0.1, 0.15) is 5.58 Å². The molecule has 0 aliphatic heterocycles. The molecule has 1 heterocycles. The van der Waals surface area contributed by atoms with E-state index in [2.05, 4.69) is 26.5 Å². The van der Waals surface area contributed by atoms with Gasteiger partial charge in [-0.15, -0.1) is 0 Å². The van der Waals surface area contributed by atoms with E-state index >= 15 is 0 Å². The third kappa shape index (κ3) is 4.20. The fourth-order valence-corrected chi connectivity index (χ4v) is 3.32. The highest BCUT2D eigenvalue weighted by molar-refractivity contribution is 9.10. The van der Waals surface area contributed by atoms with Crippen molar-refractivity contribution in [3.63, 3.8) is 0 Å². The molecule has 1 aromatic heterocycles. The molecule has 0 unspecified atom stereocenters. The Balaban J connectivity index is 1.77. The maximum absolute atomic E-state index is 12.4. The maximum atomic E-state index is 12.4. The molecule has 0 spiro atoms. The topological polar surface area (TPSA) is 73.1 Å². The number of amides is 1. The highest BCUT2D eigenvalue weighted by Crippen LogP contribution is 2.37. The van der Waals surface area contributed by atoms with Crippen molar-refractivity contribution in [3.8, 4) is 11.5 Å². The second-order valence-electron chi connectivity index (χ2n) is 6.45. The van der Waals surface area contributed by atoms with Crippen LogP contribution in [0.2, 0.25) is 0 Å². The quantitative estimate of drug-likeness (QED) is 0.425. The van der Waals surface area contributed by atoms with E-state index < -0.39 is 5.91 Å². The van der Waals surface area contributed by atoms with Crippen molar-refractivity contribution in [2.75, 3.05) is 7.11 Å². The molecule has 3 rings (SSSR count). The van der Waals surface area contributed by atoms with Crippen LogP contribution in [0, 0.1) is 6.92 Å². The number of nitrogens with zero attached hydrogens (tertiary/aromatic N) is 1. The smallest absolute Gasteiger partial charge is 0.307 e. The lowest BCUT2D eigenvalue weighted by Crippen LogP contribution is -2.17. The van der Waals surface area contributed by atoms with Crippen LogP contribution in [0.25, 0.3) is 11.0 Å². The predicted molar refractivity (Wildman–Crippen MR) is 112 cm³/mol. The fourth-order valence-electron chi connectivity index (χ4n) is 2.77. The number of carbonyl (C=O) groups is 1. The Morgan fingerprint density at radius 3 is 2.71 bits per heavy atom. The molecule has 0 saturated heterocycles. The molecule has 3 aromatic rings. The summed E-state index contributed by atoms with van der Waals surface area (Å²) in [7, 11) is 1.57. The molecule has 1 N–H and O–H groups in total. The van der Waals surface area contributed by atoms with Crippen molar-refractivity contribution < 1.29 is 18.7 Å². The summed E-state index contributed by atoms with van der Waals surface area (Å²) in [5.41, 5.74) is 4.69. The molecule has 0 atom stereocenters. The Hall–Kier alpha value is -2.80. The van der Waals surface area contributed by atoms with Crippen molar-refractivity contribution in [2.45, 2.75) is 26.9 Å². The van der Waals surface area contributed by atoms with Gasteiger partial charge in [0.25, 0.3) is 0 Å². The average molecular weight is 445 g/mol. The number of halogens is 1. The SMILES string of the molecule is COc1cc(/C=N/NC(=O)c2oc3ccccc3c2C)cc(Br)c1OC(C)C. The van der Waals surface area contributed by atoms with E-state index in [1.54, 1.807) is 13.2 Å². The number of hydrazone groups is 1. The Morgan fingerprint density at radius 1 is 1.29 bits per heavy atom. The molecule has 0 bridgehead atoms. The number of aryl methyl sites for hydroxylation is 1. The van der Waals surface area contributed by atoms with Crippen LogP contribution >= 0.6 is 15.9 Å². The summed E-state index contributed by atoms with van der Waals surface area (Å²) in [5, 5.41) is 4.94. The number of methoxy groups -OCH3 is 1. The van der Waals surface area contributed by atoms with Gasteiger partial charge in [-0.05, 0) is 60.5 Å². The van der Waals surface area contributed by atoms with Crippen molar-refractivity contribution in [1.82, 2.24) is 5.43 Å². The molecule has 6 nitrogen and oxygen atoms in total. The molecule has 7 heteroatoms. The number of hydrogen-bond acceptors (Lipinski definition) is 5. The van der Waals surface area contributed by atoms with Gasteiger partial charge in [-0.1, -0.05) is 18.2 Å². The third-order valence-electron chi connectivity index (χ3n) is 4.03. The zero-order chi connectivity index (χ0) is 20.3. The van der Waals surface area contributed by atoms with Gasteiger partial charge in [0.05, 0.1) is 23.9 Å². The van der Waals surface area contributed by atoms with E-state index in [4.69, 9.17) is 13.9 Å². The minimum Gasteiger partial charge on any atom is -0.493 e. The second-order valence-corrected chi connectivity index (χ2v) is 7.31. The van der Waals surface area contributed by atoms with E-state index in [1.165, 1.54) is 6.21 Å². The predicted octanol–water partition coefficient (Wildman–Crippen LogP) is 5.06. The summed E-state index contributed by atoms with van der Waals surface area (Å²) < 4.78 is 17.5. The molecule has 0 aliphatic carbocycles. The number of rotatable bonds is 6. The molecule has 146 valence electrons. The lowest BCUT2D eigenvalue weighted by Gasteiger charge is -2.15. The van der Waals surface area contributed by atoms with Gasteiger partial charge < -0.3 is 13.9 Å². The third-order valence-corrected chi connectivity index (χ3v) is 4.62. The highest BCUT2D eigenvalue weighted by Gasteiger charge is 2.17. The van der Waals surface area contributed by atoms with Crippen LogP contribution < -0.4 is 14.9 Å². The van der Waals surface area contributed by atoms with E-state index in [0.717, 1.165) is 21.0 Å². The van der Waals surface area contributed by atoms with Crippen molar-refractivity contribution in [2.24, 2.45) is 5.10 Å². The van der Waals surface area contributed by atoms with Gasteiger partial charge in [-0.2, -0.15) is 5.10 Å².